The molecule has 0 unspecified atom stereocenters. The Morgan fingerprint density at radius 3 is 2.28 bits per heavy atom. The van der Waals surface area contributed by atoms with Crippen molar-refractivity contribution >= 4 is 44.4 Å². The van der Waals surface area contributed by atoms with Crippen LogP contribution in [0, 0.1) is 11.6 Å². The minimum atomic E-state index is -4.40. The molecule has 7 rings (SSSR count). The number of carbonyl (C=O) groups is 2. The molecule has 15 nitrogen and oxygen atoms in total. The summed E-state index contributed by atoms with van der Waals surface area (Å²) in [5, 5.41) is 12.4. The number of aryl methyl sites for hydroxylation is 1. The predicted molar refractivity (Wildman–Crippen MR) is 188 cm³/mol. The number of carbonyl (C=O) groups excluding carboxylic acids is 1. The van der Waals surface area contributed by atoms with Crippen molar-refractivity contribution in [3.63, 3.8) is 0 Å². The van der Waals surface area contributed by atoms with Gasteiger partial charge in [0.05, 0.1) is 45.1 Å². The van der Waals surface area contributed by atoms with Crippen LogP contribution in [0.5, 0.6) is 0 Å². The number of nitrogens with zero attached hydrogens (tertiary/aromatic N) is 7. The van der Waals surface area contributed by atoms with Crippen LogP contribution < -0.4 is 20.5 Å². The highest BCUT2D eigenvalue weighted by Crippen LogP contribution is 2.26. The minimum absolute atomic E-state index is 0.216. The molecule has 5 heterocycles. The first-order valence-electron chi connectivity index (χ1n) is 16.1. The Morgan fingerprint density at radius 2 is 1.66 bits per heavy atom. The molecule has 0 aliphatic carbocycles. The predicted octanol–water partition coefficient (Wildman–Crippen LogP) is 3.29. The van der Waals surface area contributed by atoms with Gasteiger partial charge in [-0.05, 0) is 48.4 Å². The molecule has 18 heteroatoms. The average molecular weight is 742 g/mol. The van der Waals surface area contributed by atoms with Crippen LogP contribution in [0.4, 0.5) is 20.4 Å². The van der Waals surface area contributed by atoms with E-state index in [1.165, 1.54) is 47.4 Å². The SMILES string of the molecule is Cn1c2cnccc2c(=O)n1-c1ccc(C[C@H](NC(=O)c2cc(F)c(NS(=O)(=O)c3ccc(-c4cnc(N5CCC5)nc4)cc3)cc2F)C(=O)O)nc1. The number of nitrogens with one attached hydrogen (secondary N) is 2. The van der Waals surface area contributed by atoms with Gasteiger partial charge in [0, 0.05) is 62.5 Å². The lowest BCUT2D eigenvalue weighted by Crippen LogP contribution is -2.42. The first-order valence-corrected chi connectivity index (χ1v) is 17.6. The smallest absolute Gasteiger partial charge is 0.326 e. The van der Waals surface area contributed by atoms with Crippen molar-refractivity contribution in [3.8, 4) is 16.8 Å². The van der Waals surface area contributed by atoms with Crippen molar-refractivity contribution in [1.82, 2.24) is 34.6 Å². The molecule has 6 aromatic rings. The number of anilines is 2. The summed E-state index contributed by atoms with van der Waals surface area (Å²) < 4.78 is 61.4. The maximum atomic E-state index is 15.2. The highest BCUT2D eigenvalue weighted by atomic mass is 32.2. The largest absolute Gasteiger partial charge is 0.480 e. The molecule has 4 aromatic heterocycles. The number of hydrogen-bond donors (Lipinski definition) is 3. The molecule has 3 N–H and O–H groups in total. The quantitative estimate of drug-likeness (QED) is 0.176. The van der Waals surface area contributed by atoms with Crippen LogP contribution in [0.15, 0.2) is 95.3 Å². The van der Waals surface area contributed by atoms with E-state index < -0.39 is 50.8 Å². The molecule has 1 aliphatic rings. The lowest BCUT2D eigenvalue weighted by molar-refractivity contribution is -0.139. The molecular formula is C35H29F2N9O6S. The second-order valence-corrected chi connectivity index (χ2v) is 13.8. The van der Waals surface area contributed by atoms with Gasteiger partial charge in [0.15, 0.2) is 0 Å². The molecule has 1 aliphatic heterocycles. The van der Waals surface area contributed by atoms with E-state index in [-0.39, 0.29) is 22.6 Å². The third kappa shape index (κ3) is 6.90. The topological polar surface area (TPSA) is 194 Å². The van der Waals surface area contributed by atoms with E-state index in [2.05, 4.69) is 25.3 Å². The van der Waals surface area contributed by atoms with E-state index in [0.717, 1.165) is 19.5 Å². The number of pyridine rings is 2. The fourth-order valence-electron chi connectivity index (χ4n) is 5.76. The Morgan fingerprint density at radius 1 is 0.925 bits per heavy atom. The summed E-state index contributed by atoms with van der Waals surface area (Å²) in [6.45, 7) is 1.77. The second kappa shape index (κ2) is 13.9. The van der Waals surface area contributed by atoms with Crippen molar-refractivity contribution in [2.75, 3.05) is 22.7 Å². The third-order valence-electron chi connectivity index (χ3n) is 8.76. The van der Waals surface area contributed by atoms with Gasteiger partial charge in [0.25, 0.3) is 21.5 Å². The van der Waals surface area contributed by atoms with Gasteiger partial charge in [-0.25, -0.2) is 36.6 Å². The Bertz CT molecular complexity index is 2540. The van der Waals surface area contributed by atoms with E-state index in [1.807, 2.05) is 9.62 Å². The zero-order chi connectivity index (χ0) is 37.4. The Labute approximate surface area is 299 Å². The summed E-state index contributed by atoms with van der Waals surface area (Å²) >= 11 is 0. The molecule has 2 aromatic carbocycles. The molecule has 270 valence electrons. The minimum Gasteiger partial charge on any atom is -0.480 e. The molecule has 0 bridgehead atoms. The molecule has 53 heavy (non-hydrogen) atoms. The van der Waals surface area contributed by atoms with E-state index >= 15 is 8.78 Å². The number of benzene rings is 2. The third-order valence-corrected chi connectivity index (χ3v) is 10.1. The monoisotopic (exact) mass is 741 g/mol. The van der Waals surface area contributed by atoms with Gasteiger partial charge < -0.3 is 15.3 Å². The van der Waals surface area contributed by atoms with Gasteiger partial charge in [-0.3, -0.25) is 29.0 Å². The number of amides is 1. The molecule has 0 spiro atoms. The van der Waals surface area contributed by atoms with E-state index in [1.54, 1.807) is 42.5 Å². The highest BCUT2D eigenvalue weighted by molar-refractivity contribution is 7.92. The first-order chi connectivity index (χ1) is 25.4. The fraction of sp³-hybridized carbons (Fsp3) is 0.171. The first kappa shape index (κ1) is 34.9. The van der Waals surface area contributed by atoms with Gasteiger partial charge in [-0.2, -0.15) is 0 Å². The molecule has 1 amide bonds. The molecule has 1 saturated heterocycles. The molecule has 1 fully saturated rings. The van der Waals surface area contributed by atoms with E-state index in [4.69, 9.17) is 0 Å². The second-order valence-electron chi connectivity index (χ2n) is 12.2. The van der Waals surface area contributed by atoms with Crippen LogP contribution in [0.2, 0.25) is 0 Å². The lowest BCUT2D eigenvalue weighted by atomic mass is 10.1. The summed E-state index contributed by atoms with van der Waals surface area (Å²) in [6.07, 6.45) is 8.39. The molecule has 0 saturated carbocycles. The zero-order valence-electron chi connectivity index (χ0n) is 27.8. The number of carboxylic acids is 1. The van der Waals surface area contributed by atoms with E-state index in [0.29, 0.717) is 45.8 Å². The van der Waals surface area contributed by atoms with Gasteiger partial charge in [-0.1, -0.05) is 12.1 Å². The van der Waals surface area contributed by atoms with Crippen LogP contribution >= 0.6 is 0 Å². The number of fused-ring (bicyclic) bond motifs is 1. The number of aliphatic carboxylic acids is 1. The maximum Gasteiger partial charge on any atom is 0.326 e. The average Bonchev–Trinajstić information content (AvgIpc) is 3.38. The van der Waals surface area contributed by atoms with Crippen molar-refractivity contribution in [2.45, 2.75) is 23.8 Å². The van der Waals surface area contributed by atoms with Crippen LogP contribution in [0.3, 0.4) is 0 Å². The van der Waals surface area contributed by atoms with Crippen LogP contribution in [-0.4, -0.2) is 73.8 Å². The lowest BCUT2D eigenvalue weighted by Gasteiger charge is -2.30. The van der Waals surface area contributed by atoms with Crippen LogP contribution in [-0.2, 0) is 28.3 Å². The number of carboxylic acid groups (broad SMARTS) is 1. The van der Waals surface area contributed by atoms with Gasteiger partial charge in [-0.15, -0.1) is 0 Å². The van der Waals surface area contributed by atoms with Gasteiger partial charge in [0.2, 0.25) is 5.95 Å². The van der Waals surface area contributed by atoms with Crippen molar-refractivity contribution < 1.29 is 31.9 Å². The van der Waals surface area contributed by atoms with Gasteiger partial charge in [0.1, 0.15) is 17.7 Å². The Kier molecular flexibility index (Phi) is 9.12. The van der Waals surface area contributed by atoms with Crippen LogP contribution in [0.1, 0.15) is 22.5 Å². The number of halogens is 2. The number of aromatic nitrogens is 6. The molecular weight excluding hydrogens is 713 g/mol. The number of rotatable bonds is 11. The van der Waals surface area contributed by atoms with Gasteiger partial charge >= 0.3 is 5.97 Å². The zero-order valence-corrected chi connectivity index (χ0v) is 28.6. The normalized spacial score (nSPS) is 13.4. The Hall–Kier alpha value is -6.56. The van der Waals surface area contributed by atoms with Crippen molar-refractivity contribution in [1.29, 1.82) is 0 Å². The Balaban J connectivity index is 1.02. The highest BCUT2D eigenvalue weighted by Gasteiger charge is 2.26. The summed E-state index contributed by atoms with van der Waals surface area (Å²) in [7, 11) is -2.73. The summed E-state index contributed by atoms with van der Waals surface area (Å²) in [4.78, 5) is 56.7. The number of sulfonamides is 1. The molecule has 0 radical (unpaired) electrons. The standard InChI is InChI=1S/C35H29F2N9O6S/c1-44-31-19-38-10-9-25(31)33(48)46(44)23-6-5-22(39-18-23)13-30(34(49)50)42-32(47)26-14-28(37)29(15-27(26)36)43-53(51,52)24-7-3-20(4-8-24)21-16-40-35(41-17-21)45-11-2-12-45/h3-10,14-19,30,43H,2,11-13H2,1H3,(H,42,47)(H,49,50)/t30-/m0/s1. The van der Waals surface area contributed by atoms with Crippen molar-refractivity contribution in [2.24, 2.45) is 7.05 Å². The number of hydrogen-bond acceptors (Lipinski definition) is 10. The molecule has 1 atom stereocenters. The van der Waals surface area contributed by atoms with E-state index in [9.17, 15) is 27.9 Å². The summed E-state index contributed by atoms with van der Waals surface area (Å²) in [5.41, 5.74) is 0.549. The summed E-state index contributed by atoms with van der Waals surface area (Å²) in [6, 6.07) is 9.56. The summed E-state index contributed by atoms with van der Waals surface area (Å²) in [5.74, 6) is -4.71. The van der Waals surface area contributed by atoms with Crippen molar-refractivity contribution in [3.05, 3.63) is 119 Å². The van der Waals surface area contributed by atoms with Crippen LogP contribution in [0.25, 0.3) is 27.7 Å². The maximum absolute atomic E-state index is 15.2. The fourth-order valence-corrected chi connectivity index (χ4v) is 6.82.